The Kier molecular flexibility index (Phi) is 2.31. The lowest BCUT2D eigenvalue weighted by Crippen LogP contribution is -2.42. The van der Waals surface area contributed by atoms with Crippen molar-refractivity contribution in [2.45, 2.75) is 51.6 Å². The Bertz CT molecular complexity index is 266. The summed E-state index contributed by atoms with van der Waals surface area (Å²) in [6.45, 7) is 5.38. The maximum Gasteiger partial charge on any atom is 0.0845 e. The maximum atomic E-state index is 9.12. The Morgan fingerprint density at radius 2 is 2.14 bits per heavy atom. The Balaban J connectivity index is 2.19. The summed E-state index contributed by atoms with van der Waals surface area (Å²) in [5, 5.41) is 9.12. The topological polar surface area (TPSA) is 33.0 Å². The van der Waals surface area contributed by atoms with Crippen LogP contribution in [0.1, 0.15) is 46.0 Å². The van der Waals surface area contributed by atoms with E-state index >= 15 is 0 Å². The summed E-state index contributed by atoms with van der Waals surface area (Å²) >= 11 is 0. The van der Waals surface area contributed by atoms with Crippen LogP contribution in [0.5, 0.6) is 0 Å². The molecule has 14 heavy (non-hydrogen) atoms. The molecule has 1 saturated heterocycles. The largest absolute Gasteiger partial charge is 0.374 e. The van der Waals surface area contributed by atoms with Crippen LogP contribution in [0.3, 0.4) is 0 Å². The fourth-order valence-corrected chi connectivity index (χ4v) is 3.20. The van der Waals surface area contributed by atoms with Crippen LogP contribution in [0.15, 0.2) is 0 Å². The third-order valence-corrected chi connectivity index (χ3v) is 3.82. The van der Waals surface area contributed by atoms with E-state index in [1.807, 2.05) is 0 Å². The second-order valence-electron chi connectivity index (χ2n) is 5.58. The van der Waals surface area contributed by atoms with Crippen molar-refractivity contribution in [3.05, 3.63) is 0 Å². The lowest BCUT2D eigenvalue weighted by Gasteiger charge is -2.43. The summed E-state index contributed by atoms with van der Waals surface area (Å²) in [5.41, 5.74) is 0.272. The minimum Gasteiger partial charge on any atom is -0.374 e. The molecule has 0 aromatic rings. The second kappa shape index (κ2) is 3.24. The van der Waals surface area contributed by atoms with Crippen molar-refractivity contribution in [3.8, 4) is 6.07 Å². The maximum absolute atomic E-state index is 9.12. The van der Waals surface area contributed by atoms with Crippen molar-refractivity contribution in [1.82, 2.24) is 0 Å². The van der Waals surface area contributed by atoms with Crippen LogP contribution in [0, 0.1) is 22.7 Å². The fraction of sp³-hybridized carbons (Fsp3) is 0.917. The van der Waals surface area contributed by atoms with E-state index in [4.69, 9.17) is 10.00 Å². The first kappa shape index (κ1) is 9.98. The molecule has 0 amide bonds. The zero-order valence-corrected chi connectivity index (χ0v) is 9.18. The zero-order valence-electron chi connectivity index (χ0n) is 9.18. The number of nitrogens with zero attached hydrogens (tertiary/aromatic N) is 1. The van der Waals surface area contributed by atoms with Gasteiger partial charge in [0.2, 0.25) is 0 Å². The molecule has 2 unspecified atom stereocenters. The van der Waals surface area contributed by atoms with Gasteiger partial charge in [0, 0.05) is 6.61 Å². The molecule has 2 aliphatic rings. The molecule has 2 heteroatoms. The lowest BCUT2D eigenvalue weighted by atomic mass is 9.66. The molecule has 0 radical (unpaired) electrons. The Hall–Kier alpha value is -0.550. The molecule has 0 bridgehead atoms. The monoisotopic (exact) mass is 193 g/mol. The van der Waals surface area contributed by atoms with Crippen LogP contribution in [-0.4, -0.2) is 12.2 Å². The normalized spacial score (nSPS) is 41.1. The predicted octanol–water partition coefficient (Wildman–Crippen LogP) is 2.89. The van der Waals surface area contributed by atoms with Gasteiger partial charge in [0.25, 0.3) is 0 Å². The van der Waals surface area contributed by atoms with E-state index in [0.29, 0.717) is 5.41 Å². The first-order valence-corrected chi connectivity index (χ1v) is 5.62. The summed E-state index contributed by atoms with van der Waals surface area (Å²) in [4.78, 5) is 0. The van der Waals surface area contributed by atoms with Gasteiger partial charge >= 0.3 is 0 Å². The van der Waals surface area contributed by atoms with Crippen molar-refractivity contribution in [2.24, 2.45) is 11.3 Å². The molecule has 2 nitrogen and oxygen atoms in total. The molecule has 1 aliphatic heterocycles. The van der Waals surface area contributed by atoms with Crippen LogP contribution >= 0.6 is 0 Å². The molecule has 0 N–H and O–H groups in total. The van der Waals surface area contributed by atoms with Gasteiger partial charge in [0.1, 0.15) is 0 Å². The van der Waals surface area contributed by atoms with Gasteiger partial charge in [-0.1, -0.05) is 20.3 Å². The van der Waals surface area contributed by atoms with Crippen molar-refractivity contribution in [2.75, 3.05) is 6.61 Å². The lowest BCUT2D eigenvalue weighted by molar-refractivity contribution is -0.0721. The summed E-state index contributed by atoms with van der Waals surface area (Å²) in [6, 6.07) is 2.44. The molecule has 1 saturated carbocycles. The highest BCUT2D eigenvalue weighted by Gasteiger charge is 2.49. The molecule has 1 spiro atoms. The SMILES string of the molecule is CC1(C)CCCC2(C1)OCCC2C#N. The van der Waals surface area contributed by atoms with Gasteiger partial charge in [0.15, 0.2) is 0 Å². The van der Waals surface area contributed by atoms with Gasteiger partial charge in [-0.3, -0.25) is 0 Å². The molecule has 2 fully saturated rings. The zero-order chi connectivity index (χ0) is 10.2. The highest BCUT2D eigenvalue weighted by Crippen LogP contribution is 2.49. The minimum absolute atomic E-state index is 0.0868. The Morgan fingerprint density at radius 1 is 1.36 bits per heavy atom. The summed E-state index contributed by atoms with van der Waals surface area (Å²) in [5.74, 6) is 0.141. The van der Waals surface area contributed by atoms with Crippen LogP contribution in [-0.2, 0) is 4.74 Å². The van der Waals surface area contributed by atoms with E-state index in [1.165, 1.54) is 12.8 Å². The minimum atomic E-state index is -0.0868. The van der Waals surface area contributed by atoms with Crippen molar-refractivity contribution < 1.29 is 4.74 Å². The van der Waals surface area contributed by atoms with Gasteiger partial charge < -0.3 is 4.74 Å². The molecule has 0 aromatic heterocycles. The van der Waals surface area contributed by atoms with E-state index in [9.17, 15) is 0 Å². The van der Waals surface area contributed by atoms with Crippen LogP contribution in [0.2, 0.25) is 0 Å². The van der Waals surface area contributed by atoms with Crippen molar-refractivity contribution >= 4 is 0 Å². The highest BCUT2D eigenvalue weighted by molar-refractivity contribution is 5.06. The van der Waals surface area contributed by atoms with Crippen molar-refractivity contribution in [3.63, 3.8) is 0 Å². The first-order chi connectivity index (χ1) is 6.58. The smallest absolute Gasteiger partial charge is 0.0845 e. The first-order valence-electron chi connectivity index (χ1n) is 5.62. The Labute approximate surface area is 86.2 Å². The summed E-state index contributed by atoms with van der Waals surface area (Å²) < 4.78 is 5.90. The molecule has 2 rings (SSSR count). The second-order valence-corrected chi connectivity index (χ2v) is 5.58. The van der Waals surface area contributed by atoms with Gasteiger partial charge in [-0.2, -0.15) is 5.26 Å². The third-order valence-electron chi connectivity index (χ3n) is 3.82. The van der Waals surface area contributed by atoms with Gasteiger partial charge in [0.05, 0.1) is 17.6 Å². The average molecular weight is 193 g/mol. The molecule has 1 aliphatic carbocycles. The van der Waals surface area contributed by atoms with Crippen LogP contribution < -0.4 is 0 Å². The third kappa shape index (κ3) is 1.54. The summed E-state index contributed by atoms with van der Waals surface area (Å²) in [6.07, 6.45) is 5.58. The number of hydrogen-bond acceptors (Lipinski definition) is 2. The number of nitriles is 1. The fourth-order valence-electron chi connectivity index (χ4n) is 3.20. The van der Waals surface area contributed by atoms with Gasteiger partial charge in [-0.05, 0) is 31.1 Å². The Morgan fingerprint density at radius 3 is 2.79 bits per heavy atom. The van der Waals surface area contributed by atoms with E-state index < -0.39 is 0 Å². The highest BCUT2D eigenvalue weighted by atomic mass is 16.5. The molecule has 2 atom stereocenters. The summed E-state index contributed by atoms with van der Waals surface area (Å²) in [7, 11) is 0. The number of hydrogen-bond donors (Lipinski definition) is 0. The van der Waals surface area contributed by atoms with Crippen LogP contribution in [0.4, 0.5) is 0 Å². The van der Waals surface area contributed by atoms with E-state index in [-0.39, 0.29) is 11.5 Å². The predicted molar refractivity (Wildman–Crippen MR) is 54.7 cm³/mol. The quantitative estimate of drug-likeness (QED) is 0.592. The molecule has 0 aromatic carbocycles. The van der Waals surface area contributed by atoms with E-state index in [1.54, 1.807) is 0 Å². The standard InChI is InChI=1S/C12H19NO/c1-11(2)5-3-6-12(9-11)10(8-13)4-7-14-12/h10H,3-7,9H2,1-2H3. The van der Waals surface area contributed by atoms with Crippen molar-refractivity contribution in [1.29, 1.82) is 5.26 Å². The molecule has 78 valence electrons. The van der Waals surface area contributed by atoms with Gasteiger partial charge in [-0.25, -0.2) is 0 Å². The molecular weight excluding hydrogens is 174 g/mol. The average Bonchev–Trinajstić information content (AvgIpc) is 2.45. The van der Waals surface area contributed by atoms with E-state index in [2.05, 4.69) is 19.9 Å². The van der Waals surface area contributed by atoms with E-state index in [0.717, 1.165) is 25.9 Å². The van der Waals surface area contributed by atoms with Gasteiger partial charge in [-0.15, -0.1) is 0 Å². The number of rotatable bonds is 0. The van der Waals surface area contributed by atoms with Crippen LogP contribution in [0.25, 0.3) is 0 Å². The molecular formula is C12H19NO. The molecule has 1 heterocycles. The number of ether oxygens (including phenoxy) is 1.